The minimum Gasteiger partial charge on any atom is -0.389 e. The average Bonchev–Trinajstić information content (AvgIpc) is 2.49. The number of hydrogen-bond acceptors (Lipinski definition) is 2. The summed E-state index contributed by atoms with van der Waals surface area (Å²) in [6.07, 6.45) is 7.17. The van der Waals surface area contributed by atoms with Crippen molar-refractivity contribution >= 4 is 0 Å². The SMILES string of the molecule is CC1CCC(O)(C2(CN)CCc3ccccc3C2)CC1. The maximum atomic E-state index is 11.3. The Kier molecular flexibility index (Phi) is 3.64. The molecule has 2 heteroatoms. The van der Waals surface area contributed by atoms with E-state index in [2.05, 4.69) is 31.2 Å². The minimum absolute atomic E-state index is 0.110. The fourth-order valence-corrected chi connectivity index (χ4v) is 4.33. The Morgan fingerprint density at radius 3 is 2.45 bits per heavy atom. The third kappa shape index (κ3) is 2.19. The van der Waals surface area contributed by atoms with Crippen LogP contribution in [-0.4, -0.2) is 17.3 Å². The number of benzene rings is 1. The van der Waals surface area contributed by atoms with Gasteiger partial charge in [-0.2, -0.15) is 0 Å². The van der Waals surface area contributed by atoms with E-state index in [0.29, 0.717) is 6.54 Å². The van der Waals surface area contributed by atoms with Crippen molar-refractivity contribution in [1.29, 1.82) is 0 Å². The molecule has 1 fully saturated rings. The molecule has 0 aliphatic heterocycles. The van der Waals surface area contributed by atoms with Crippen LogP contribution in [0.25, 0.3) is 0 Å². The summed E-state index contributed by atoms with van der Waals surface area (Å²) >= 11 is 0. The smallest absolute Gasteiger partial charge is 0.0719 e. The predicted molar refractivity (Wildman–Crippen MR) is 82.5 cm³/mol. The summed E-state index contributed by atoms with van der Waals surface area (Å²) in [4.78, 5) is 0. The van der Waals surface area contributed by atoms with Gasteiger partial charge in [0.2, 0.25) is 0 Å². The molecule has 2 nitrogen and oxygen atoms in total. The lowest BCUT2D eigenvalue weighted by atomic mass is 9.57. The van der Waals surface area contributed by atoms with E-state index in [-0.39, 0.29) is 5.41 Å². The molecular weight excluding hydrogens is 246 g/mol. The minimum atomic E-state index is -0.554. The van der Waals surface area contributed by atoms with Gasteiger partial charge in [-0.3, -0.25) is 0 Å². The van der Waals surface area contributed by atoms with E-state index >= 15 is 0 Å². The van der Waals surface area contributed by atoms with Crippen molar-refractivity contribution < 1.29 is 5.11 Å². The highest BCUT2D eigenvalue weighted by molar-refractivity contribution is 5.32. The van der Waals surface area contributed by atoms with E-state index < -0.39 is 5.60 Å². The van der Waals surface area contributed by atoms with Crippen molar-refractivity contribution in [2.24, 2.45) is 17.1 Å². The molecule has 1 aromatic rings. The van der Waals surface area contributed by atoms with E-state index in [4.69, 9.17) is 5.73 Å². The molecule has 0 radical (unpaired) electrons. The maximum Gasteiger partial charge on any atom is 0.0719 e. The van der Waals surface area contributed by atoms with Gasteiger partial charge in [0.1, 0.15) is 0 Å². The van der Waals surface area contributed by atoms with Gasteiger partial charge in [0.25, 0.3) is 0 Å². The fraction of sp³-hybridized carbons (Fsp3) is 0.667. The van der Waals surface area contributed by atoms with Gasteiger partial charge in [0.05, 0.1) is 5.60 Å². The molecule has 0 heterocycles. The Morgan fingerprint density at radius 2 is 1.80 bits per heavy atom. The van der Waals surface area contributed by atoms with Crippen LogP contribution in [0.2, 0.25) is 0 Å². The van der Waals surface area contributed by atoms with E-state index in [1.807, 2.05) is 0 Å². The van der Waals surface area contributed by atoms with E-state index in [1.54, 1.807) is 0 Å². The first-order chi connectivity index (χ1) is 9.59. The van der Waals surface area contributed by atoms with Crippen LogP contribution in [0.15, 0.2) is 24.3 Å². The molecule has 0 spiro atoms. The Balaban J connectivity index is 1.90. The van der Waals surface area contributed by atoms with Crippen LogP contribution < -0.4 is 5.73 Å². The van der Waals surface area contributed by atoms with Crippen molar-refractivity contribution in [1.82, 2.24) is 0 Å². The van der Waals surface area contributed by atoms with Gasteiger partial charge in [-0.15, -0.1) is 0 Å². The zero-order valence-corrected chi connectivity index (χ0v) is 12.6. The van der Waals surface area contributed by atoms with Gasteiger partial charge in [0, 0.05) is 12.0 Å². The van der Waals surface area contributed by atoms with Crippen molar-refractivity contribution in [3.63, 3.8) is 0 Å². The van der Waals surface area contributed by atoms with Crippen molar-refractivity contribution in [3.8, 4) is 0 Å². The van der Waals surface area contributed by atoms with E-state index in [0.717, 1.165) is 50.9 Å². The molecule has 3 N–H and O–H groups in total. The second kappa shape index (κ2) is 5.16. The van der Waals surface area contributed by atoms with Gasteiger partial charge in [-0.05, 0) is 62.0 Å². The molecule has 3 rings (SSSR count). The lowest BCUT2D eigenvalue weighted by Crippen LogP contribution is -2.56. The number of fused-ring (bicyclic) bond motifs is 1. The predicted octanol–water partition coefficient (Wildman–Crippen LogP) is 3.06. The molecule has 0 bridgehead atoms. The van der Waals surface area contributed by atoms with Crippen molar-refractivity contribution in [3.05, 3.63) is 35.4 Å². The molecule has 2 aliphatic rings. The van der Waals surface area contributed by atoms with Crippen molar-refractivity contribution in [2.75, 3.05) is 6.54 Å². The number of aliphatic hydroxyl groups is 1. The highest BCUT2D eigenvalue weighted by Gasteiger charge is 2.51. The largest absolute Gasteiger partial charge is 0.389 e. The Morgan fingerprint density at radius 1 is 1.15 bits per heavy atom. The Hall–Kier alpha value is -0.860. The Bertz CT molecular complexity index is 476. The zero-order valence-electron chi connectivity index (χ0n) is 12.6. The number of rotatable bonds is 2. The number of aryl methyl sites for hydroxylation is 1. The summed E-state index contributed by atoms with van der Waals surface area (Å²) in [6.45, 7) is 2.90. The molecule has 1 aromatic carbocycles. The first kappa shape index (κ1) is 14.1. The van der Waals surface area contributed by atoms with Crippen LogP contribution in [0, 0.1) is 11.3 Å². The molecule has 2 aliphatic carbocycles. The standard InChI is InChI=1S/C18H27NO/c1-14-6-10-18(20,11-7-14)17(13-19)9-8-15-4-2-3-5-16(15)12-17/h2-5,14,20H,6-13,19H2,1H3. The zero-order chi connectivity index (χ0) is 14.2. The summed E-state index contributed by atoms with van der Waals surface area (Å²) in [7, 11) is 0. The molecular formula is C18H27NO. The summed E-state index contributed by atoms with van der Waals surface area (Å²) in [5.74, 6) is 0.751. The van der Waals surface area contributed by atoms with Crippen LogP contribution in [0.1, 0.15) is 50.2 Å². The topological polar surface area (TPSA) is 46.2 Å². The quantitative estimate of drug-likeness (QED) is 0.870. The molecule has 1 unspecified atom stereocenters. The highest BCUT2D eigenvalue weighted by Crippen LogP contribution is 2.50. The summed E-state index contributed by atoms with van der Waals surface area (Å²) in [5.41, 5.74) is 8.37. The highest BCUT2D eigenvalue weighted by atomic mass is 16.3. The van der Waals surface area contributed by atoms with E-state index in [1.165, 1.54) is 11.1 Å². The molecule has 20 heavy (non-hydrogen) atoms. The van der Waals surface area contributed by atoms with Gasteiger partial charge in [-0.1, -0.05) is 31.2 Å². The Labute approximate surface area is 122 Å². The molecule has 1 atom stereocenters. The van der Waals surface area contributed by atoms with Gasteiger partial charge in [0.15, 0.2) is 0 Å². The molecule has 1 saturated carbocycles. The lowest BCUT2D eigenvalue weighted by molar-refractivity contribution is -0.118. The van der Waals surface area contributed by atoms with Crippen LogP contribution >= 0.6 is 0 Å². The van der Waals surface area contributed by atoms with Gasteiger partial charge in [-0.25, -0.2) is 0 Å². The second-order valence-corrected chi connectivity index (χ2v) is 7.14. The summed E-state index contributed by atoms with van der Waals surface area (Å²) in [6, 6.07) is 8.67. The normalized spacial score (nSPS) is 37.5. The van der Waals surface area contributed by atoms with Gasteiger partial charge < -0.3 is 10.8 Å². The summed E-state index contributed by atoms with van der Waals surface area (Å²) in [5, 5.41) is 11.3. The summed E-state index contributed by atoms with van der Waals surface area (Å²) < 4.78 is 0. The monoisotopic (exact) mass is 273 g/mol. The van der Waals surface area contributed by atoms with Gasteiger partial charge >= 0.3 is 0 Å². The van der Waals surface area contributed by atoms with Crippen molar-refractivity contribution in [2.45, 2.75) is 57.5 Å². The first-order valence-electron chi connectivity index (χ1n) is 8.08. The lowest BCUT2D eigenvalue weighted by Gasteiger charge is -2.52. The third-order valence-corrected chi connectivity index (χ3v) is 6.00. The van der Waals surface area contributed by atoms with Crippen LogP contribution in [0.3, 0.4) is 0 Å². The van der Waals surface area contributed by atoms with Crippen LogP contribution in [0.4, 0.5) is 0 Å². The maximum absolute atomic E-state index is 11.3. The molecule has 110 valence electrons. The first-order valence-corrected chi connectivity index (χ1v) is 8.08. The molecule has 0 aromatic heterocycles. The fourth-order valence-electron chi connectivity index (χ4n) is 4.33. The second-order valence-electron chi connectivity index (χ2n) is 7.14. The molecule has 0 amide bonds. The molecule has 0 saturated heterocycles. The van der Waals surface area contributed by atoms with E-state index in [9.17, 15) is 5.11 Å². The third-order valence-electron chi connectivity index (χ3n) is 6.00. The van der Waals surface area contributed by atoms with Crippen LogP contribution in [0.5, 0.6) is 0 Å². The number of hydrogen-bond donors (Lipinski definition) is 2. The van der Waals surface area contributed by atoms with Crippen LogP contribution in [-0.2, 0) is 12.8 Å². The number of nitrogens with two attached hydrogens (primary N) is 1. The average molecular weight is 273 g/mol.